The van der Waals surface area contributed by atoms with E-state index in [1.165, 1.54) is 6.33 Å². The van der Waals surface area contributed by atoms with Gasteiger partial charge in [0.05, 0.1) is 13.1 Å². The summed E-state index contributed by atoms with van der Waals surface area (Å²) < 4.78 is 0. The highest BCUT2D eigenvalue weighted by molar-refractivity contribution is 5.94. The summed E-state index contributed by atoms with van der Waals surface area (Å²) in [4.78, 5) is 17.9. The third-order valence-electron chi connectivity index (χ3n) is 3.00. The number of benzene rings is 1. The van der Waals surface area contributed by atoms with Gasteiger partial charge in [0.1, 0.15) is 12.2 Å². The highest BCUT2D eigenvalue weighted by atomic mass is 16.2. The summed E-state index contributed by atoms with van der Waals surface area (Å²) in [6.07, 6.45) is 1.42. The molecule has 1 aromatic carbocycles. The summed E-state index contributed by atoms with van der Waals surface area (Å²) in [6.45, 7) is 2.63. The fourth-order valence-corrected chi connectivity index (χ4v) is 1.91. The second-order valence-electron chi connectivity index (χ2n) is 4.63. The lowest BCUT2D eigenvalue weighted by Gasteiger charge is -2.16. The van der Waals surface area contributed by atoms with Crippen LogP contribution in [-0.4, -0.2) is 39.6 Å². The van der Waals surface area contributed by atoms with Gasteiger partial charge in [0.2, 0.25) is 0 Å². The Morgan fingerprint density at radius 1 is 1.48 bits per heavy atom. The van der Waals surface area contributed by atoms with E-state index in [0.717, 1.165) is 11.1 Å². The summed E-state index contributed by atoms with van der Waals surface area (Å²) in [5.41, 5.74) is 7.82. The van der Waals surface area contributed by atoms with Crippen LogP contribution in [0.5, 0.6) is 0 Å². The van der Waals surface area contributed by atoms with Crippen LogP contribution in [0.15, 0.2) is 24.5 Å². The minimum atomic E-state index is -0.0761. The highest BCUT2D eigenvalue weighted by Crippen LogP contribution is 2.12. The minimum Gasteiger partial charge on any atom is -0.334 e. The van der Waals surface area contributed by atoms with E-state index in [-0.39, 0.29) is 5.91 Å². The lowest BCUT2D eigenvalue weighted by Crippen LogP contribution is -2.26. The standard InChI is InChI=1S/C15H17N5O/c1-11-8-13(6-5-12(11)4-3-7-16)15(21)20(2)9-14-17-10-18-19-14/h5-6,8,10H,7,9,16H2,1-2H3,(H,17,18,19). The predicted octanol–water partition coefficient (Wildman–Crippen LogP) is 0.696. The molecule has 0 bridgehead atoms. The number of nitrogens with two attached hydrogens (primary N) is 1. The van der Waals surface area contributed by atoms with Gasteiger partial charge in [0.25, 0.3) is 5.91 Å². The van der Waals surface area contributed by atoms with Crippen LogP contribution < -0.4 is 5.73 Å². The number of carbonyl (C=O) groups is 1. The number of rotatable bonds is 3. The van der Waals surface area contributed by atoms with Crippen molar-refractivity contribution in [2.45, 2.75) is 13.5 Å². The van der Waals surface area contributed by atoms with E-state index in [1.807, 2.05) is 19.1 Å². The second-order valence-corrected chi connectivity index (χ2v) is 4.63. The van der Waals surface area contributed by atoms with Crippen LogP contribution in [0.25, 0.3) is 0 Å². The number of nitrogens with one attached hydrogen (secondary N) is 1. The molecule has 6 nitrogen and oxygen atoms in total. The molecule has 2 rings (SSSR count). The van der Waals surface area contributed by atoms with Crippen LogP contribution >= 0.6 is 0 Å². The maximum Gasteiger partial charge on any atom is 0.254 e. The van der Waals surface area contributed by atoms with Gasteiger partial charge >= 0.3 is 0 Å². The number of aromatic nitrogens is 3. The van der Waals surface area contributed by atoms with Crippen molar-refractivity contribution in [1.29, 1.82) is 0 Å². The summed E-state index contributed by atoms with van der Waals surface area (Å²) in [5.74, 6) is 6.36. The van der Waals surface area contributed by atoms with Gasteiger partial charge in [-0.2, -0.15) is 5.10 Å². The average Bonchev–Trinajstić information content (AvgIpc) is 2.98. The molecule has 0 aliphatic carbocycles. The fourth-order valence-electron chi connectivity index (χ4n) is 1.91. The van der Waals surface area contributed by atoms with Gasteiger partial charge in [-0.15, -0.1) is 0 Å². The monoisotopic (exact) mass is 283 g/mol. The van der Waals surface area contributed by atoms with E-state index in [2.05, 4.69) is 27.0 Å². The van der Waals surface area contributed by atoms with Crippen molar-refractivity contribution >= 4 is 5.91 Å². The third-order valence-corrected chi connectivity index (χ3v) is 3.00. The summed E-state index contributed by atoms with van der Waals surface area (Å²) in [7, 11) is 1.72. The molecular weight excluding hydrogens is 266 g/mol. The van der Waals surface area contributed by atoms with Gasteiger partial charge in [-0.05, 0) is 30.7 Å². The van der Waals surface area contributed by atoms with Crippen molar-refractivity contribution in [3.63, 3.8) is 0 Å². The minimum absolute atomic E-state index is 0.0761. The molecule has 6 heteroatoms. The summed E-state index contributed by atoms with van der Waals surface area (Å²) >= 11 is 0. The molecule has 0 atom stereocenters. The van der Waals surface area contributed by atoms with Gasteiger partial charge in [-0.25, -0.2) is 4.98 Å². The van der Waals surface area contributed by atoms with Crippen molar-refractivity contribution in [2.24, 2.45) is 5.73 Å². The van der Waals surface area contributed by atoms with Gasteiger partial charge in [-0.1, -0.05) is 11.8 Å². The zero-order valence-corrected chi connectivity index (χ0v) is 12.1. The SMILES string of the molecule is Cc1cc(C(=O)N(C)Cc2ncn[nH]2)ccc1C#CCN. The molecule has 0 saturated carbocycles. The van der Waals surface area contributed by atoms with Crippen LogP contribution in [0.2, 0.25) is 0 Å². The summed E-state index contributed by atoms with van der Waals surface area (Å²) in [5, 5.41) is 6.50. The molecule has 108 valence electrons. The van der Waals surface area contributed by atoms with Crippen LogP contribution in [0.1, 0.15) is 27.3 Å². The molecular formula is C15H17N5O. The number of amides is 1. The van der Waals surface area contributed by atoms with Crippen molar-refractivity contribution in [2.75, 3.05) is 13.6 Å². The number of aromatic amines is 1. The van der Waals surface area contributed by atoms with Gasteiger partial charge in [0.15, 0.2) is 0 Å². The van der Waals surface area contributed by atoms with Gasteiger partial charge < -0.3 is 10.6 Å². The Hall–Kier alpha value is -2.65. The maximum absolute atomic E-state index is 12.4. The normalized spacial score (nSPS) is 9.86. The second kappa shape index (κ2) is 6.68. The Balaban J connectivity index is 2.14. The molecule has 1 amide bonds. The average molecular weight is 283 g/mol. The number of hydrogen-bond acceptors (Lipinski definition) is 4. The molecule has 0 aliphatic rings. The van der Waals surface area contributed by atoms with Crippen molar-refractivity contribution in [1.82, 2.24) is 20.1 Å². The zero-order chi connectivity index (χ0) is 15.2. The lowest BCUT2D eigenvalue weighted by molar-refractivity contribution is 0.0781. The number of carbonyl (C=O) groups excluding carboxylic acids is 1. The van der Waals surface area contributed by atoms with Crippen molar-refractivity contribution in [3.05, 3.63) is 47.0 Å². The summed E-state index contributed by atoms with van der Waals surface area (Å²) in [6, 6.07) is 5.44. The largest absolute Gasteiger partial charge is 0.334 e. The molecule has 0 fully saturated rings. The molecule has 2 aromatic rings. The quantitative estimate of drug-likeness (QED) is 0.811. The highest BCUT2D eigenvalue weighted by Gasteiger charge is 2.13. The number of nitrogens with zero attached hydrogens (tertiary/aromatic N) is 3. The first-order valence-corrected chi connectivity index (χ1v) is 6.51. The molecule has 0 saturated heterocycles. The molecule has 0 radical (unpaired) electrons. The smallest absolute Gasteiger partial charge is 0.254 e. The zero-order valence-electron chi connectivity index (χ0n) is 12.1. The first-order chi connectivity index (χ1) is 10.1. The molecule has 0 aliphatic heterocycles. The molecule has 21 heavy (non-hydrogen) atoms. The van der Waals surface area contributed by atoms with Crippen LogP contribution in [0.3, 0.4) is 0 Å². The first kappa shape index (κ1) is 14.8. The fraction of sp³-hybridized carbons (Fsp3) is 0.267. The molecule has 0 unspecified atom stereocenters. The molecule has 1 heterocycles. The number of hydrogen-bond donors (Lipinski definition) is 2. The Kier molecular flexibility index (Phi) is 4.69. The van der Waals surface area contributed by atoms with E-state index in [1.54, 1.807) is 18.0 Å². The Bertz CT molecular complexity index is 682. The van der Waals surface area contributed by atoms with Crippen molar-refractivity contribution < 1.29 is 4.79 Å². The van der Waals surface area contributed by atoms with Crippen LogP contribution in [0, 0.1) is 18.8 Å². The third kappa shape index (κ3) is 3.68. The first-order valence-electron chi connectivity index (χ1n) is 6.51. The molecule has 1 aromatic heterocycles. The predicted molar refractivity (Wildman–Crippen MR) is 79.3 cm³/mol. The van der Waals surface area contributed by atoms with Crippen LogP contribution in [-0.2, 0) is 6.54 Å². The van der Waals surface area contributed by atoms with Crippen LogP contribution in [0.4, 0.5) is 0 Å². The van der Waals surface area contributed by atoms with Gasteiger partial charge in [-0.3, -0.25) is 9.89 Å². The maximum atomic E-state index is 12.4. The van der Waals surface area contributed by atoms with Gasteiger partial charge in [0, 0.05) is 18.2 Å². The van der Waals surface area contributed by atoms with E-state index in [0.29, 0.717) is 24.5 Å². The molecule has 0 spiro atoms. The van der Waals surface area contributed by atoms with E-state index < -0.39 is 0 Å². The van der Waals surface area contributed by atoms with E-state index >= 15 is 0 Å². The Labute approximate surface area is 123 Å². The number of H-pyrrole nitrogens is 1. The van der Waals surface area contributed by atoms with E-state index in [4.69, 9.17) is 5.73 Å². The van der Waals surface area contributed by atoms with E-state index in [9.17, 15) is 4.79 Å². The Morgan fingerprint density at radius 3 is 2.90 bits per heavy atom. The lowest BCUT2D eigenvalue weighted by atomic mass is 10.0. The number of aryl methyl sites for hydroxylation is 1. The topological polar surface area (TPSA) is 87.9 Å². The van der Waals surface area contributed by atoms with Crippen molar-refractivity contribution in [3.8, 4) is 11.8 Å². The molecule has 3 N–H and O–H groups in total. The Morgan fingerprint density at radius 2 is 2.29 bits per heavy atom.